The molecule has 9 heteroatoms. The highest BCUT2D eigenvalue weighted by atomic mass is 32.1. The Bertz CT molecular complexity index is 1390. The largest absolute Gasteiger partial charge is 0.352 e. The summed E-state index contributed by atoms with van der Waals surface area (Å²) in [5.41, 5.74) is 1.66. The first kappa shape index (κ1) is 22.6. The second-order valence-electron chi connectivity index (χ2n) is 7.89. The summed E-state index contributed by atoms with van der Waals surface area (Å²) < 4.78 is 3.93. The highest BCUT2D eigenvalue weighted by Crippen LogP contribution is 2.10. The molecule has 0 saturated carbocycles. The van der Waals surface area contributed by atoms with Gasteiger partial charge in [-0.05, 0) is 61.8 Å². The van der Waals surface area contributed by atoms with Crippen molar-refractivity contribution in [3.63, 3.8) is 0 Å². The number of para-hydroxylation sites is 1. The maximum atomic E-state index is 12.7. The molecule has 4 aromatic rings. The number of H-pyrrole nitrogens is 1. The van der Waals surface area contributed by atoms with Gasteiger partial charge in [0.15, 0.2) is 4.77 Å². The lowest BCUT2D eigenvalue weighted by atomic mass is 10.1. The van der Waals surface area contributed by atoms with Gasteiger partial charge in [-0.1, -0.05) is 18.6 Å². The van der Waals surface area contributed by atoms with Gasteiger partial charge in [-0.15, -0.1) is 0 Å². The van der Waals surface area contributed by atoms with Crippen molar-refractivity contribution in [2.24, 2.45) is 0 Å². The zero-order chi connectivity index (χ0) is 23.2. The number of nitrogens with one attached hydrogen (secondary N) is 2. The molecule has 0 aliphatic carbocycles. The van der Waals surface area contributed by atoms with Crippen LogP contribution in [-0.2, 0) is 17.9 Å². The van der Waals surface area contributed by atoms with E-state index in [1.165, 1.54) is 0 Å². The van der Waals surface area contributed by atoms with Crippen LogP contribution in [0.15, 0.2) is 59.8 Å². The lowest BCUT2D eigenvalue weighted by Crippen LogP contribution is -2.23. The number of unbranched alkanes of at least 4 members (excludes halogenated alkanes) is 2. The third kappa shape index (κ3) is 5.43. The van der Waals surface area contributed by atoms with Gasteiger partial charge in [0.2, 0.25) is 5.91 Å². The number of carbonyl (C=O) groups excluding carboxylic acids is 1. The molecule has 0 unspecified atom stereocenters. The van der Waals surface area contributed by atoms with Crippen LogP contribution in [0.25, 0.3) is 16.7 Å². The molecule has 0 fully saturated rings. The molecule has 0 radical (unpaired) electrons. The first-order valence-corrected chi connectivity index (χ1v) is 11.4. The molecule has 170 valence electrons. The van der Waals surface area contributed by atoms with E-state index < -0.39 is 0 Å². The van der Waals surface area contributed by atoms with Crippen molar-refractivity contribution in [3.8, 4) is 5.82 Å². The molecule has 2 N–H and O–H groups in total. The van der Waals surface area contributed by atoms with Crippen LogP contribution in [0.3, 0.4) is 0 Å². The summed E-state index contributed by atoms with van der Waals surface area (Å²) in [4.78, 5) is 36.6. The number of rotatable bonds is 9. The van der Waals surface area contributed by atoms with E-state index >= 15 is 0 Å². The quantitative estimate of drug-likeness (QED) is 0.291. The molecule has 0 spiro atoms. The van der Waals surface area contributed by atoms with Crippen molar-refractivity contribution in [1.29, 1.82) is 0 Å². The van der Waals surface area contributed by atoms with Crippen LogP contribution in [0.1, 0.15) is 37.1 Å². The number of hydrogen-bond acceptors (Lipinski definition) is 5. The molecule has 0 bridgehead atoms. The number of aryl methyl sites for hydroxylation is 1. The summed E-state index contributed by atoms with van der Waals surface area (Å²) in [6.07, 6.45) is 8.13. The van der Waals surface area contributed by atoms with Gasteiger partial charge in [0.05, 0.1) is 10.9 Å². The van der Waals surface area contributed by atoms with E-state index in [4.69, 9.17) is 12.2 Å². The number of fused-ring (bicyclic) bond motifs is 1. The van der Waals surface area contributed by atoms with Crippen molar-refractivity contribution < 1.29 is 4.79 Å². The molecule has 3 aromatic heterocycles. The standard InChI is InChI=1S/C24H26N6O2S/c1-17-25-12-14-29(17)21-15-18(10-11-26-21)16-27-22(31)9-3-2-6-13-30-23(32)19-7-4-5-8-20(19)28-24(30)33/h4-5,7-8,10-12,14-15H,2-3,6,9,13,16H2,1H3,(H,27,31)(H,28,33). The Labute approximate surface area is 196 Å². The summed E-state index contributed by atoms with van der Waals surface area (Å²) in [6.45, 7) is 2.90. The fourth-order valence-corrected chi connectivity index (χ4v) is 4.03. The number of hydrogen-bond donors (Lipinski definition) is 2. The van der Waals surface area contributed by atoms with Gasteiger partial charge in [-0.2, -0.15) is 0 Å². The Morgan fingerprint density at radius 2 is 1.97 bits per heavy atom. The first-order valence-electron chi connectivity index (χ1n) is 11.0. The Morgan fingerprint density at radius 1 is 1.12 bits per heavy atom. The van der Waals surface area contributed by atoms with E-state index in [1.54, 1.807) is 23.0 Å². The van der Waals surface area contributed by atoms with Crippen LogP contribution in [0.5, 0.6) is 0 Å². The Kier molecular flexibility index (Phi) is 7.09. The molecule has 4 rings (SSSR count). The predicted molar refractivity (Wildman–Crippen MR) is 130 cm³/mol. The summed E-state index contributed by atoms with van der Waals surface area (Å²) in [5, 5.41) is 3.60. The van der Waals surface area contributed by atoms with Gasteiger partial charge in [0.25, 0.3) is 5.56 Å². The minimum absolute atomic E-state index is 0.00679. The fraction of sp³-hybridized carbons (Fsp3) is 0.292. The van der Waals surface area contributed by atoms with Crippen LogP contribution in [-0.4, -0.2) is 30.0 Å². The molecule has 0 aliphatic rings. The van der Waals surface area contributed by atoms with E-state index in [1.807, 2.05) is 48.0 Å². The van der Waals surface area contributed by atoms with Crippen LogP contribution in [0, 0.1) is 11.7 Å². The molecule has 0 saturated heterocycles. The Morgan fingerprint density at radius 3 is 2.79 bits per heavy atom. The van der Waals surface area contributed by atoms with E-state index in [-0.39, 0.29) is 11.5 Å². The Balaban J connectivity index is 1.23. The average Bonchev–Trinajstić information content (AvgIpc) is 3.25. The summed E-state index contributed by atoms with van der Waals surface area (Å²) in [5.74, 6) is 1.64. The minimum atomic E-state index is -0.0744. The normalized spacial score (nSPS) is 11.1. The maximum absolute atomic E-state index is 12.7. The van der Waals surface area contributed by atoms with E-state index in [2.05, 4.69) is 20.3 Å². The van der Waals surface area contributed by atoms with Crippen molar-refractivity contribution in [3.05, 3.63) is 81.5 Å². The Hall–Kier alpha value is -3.59. The number of aromatic nitrogens is 5. The second-order valence-corrected chi connectivity index (χ2v) is 8.27. The topological polar surface area (TPSA) is 97.6 Å². The van der Waals surface area contributed by atoms with Gasteiger partial charge >= 0.3 is 0 Å². The number of carbonyl (C=O) groups is 1. The molecular weight excluding hydrogens is 436 g/mol. The summed E-state index contributed by atoms with van der Waals surface area (Å²) in [7, 11) is 0. The van der Waals surface area contributed by atoms with Crippen molar-refractivity contribution in [2.75, 3.05) is 0 Å². The molecular formula is C24H26N6O2S. The highest BCUT2D eigenvalue weighted by Gasteiger charge is 2.07. The molecule has 0 aliphatic heterocycles. The second kappa shape index (κ2) is 10.4. The van der Waals surface area contributed by atoms with Crippen molar-refractivity contribution in [2.45, 2.75) is 45.7 Å². The molecule has 33 heavy (non-hydrogen) atoms. The average molecular weight is 463 g/mol. The maximum Gasteiger partial charge on any atom is 0.262 e. The van der Waals surface area contributed by atoms with Crippen LogP contribution in [0.2, 0.25) is 0 Å². The van der Waals surface area contributed by atoms with Crippen molar-refractivity contribution in [1.82, 2.24) is 29.4 Å². The van der Waals surface area contributed by atoms with E-state index in [0.29, 0.717) is 29.7 Å². The SMILES string of the molecule is Cc1nccn1-c1cc(CNC(=O)CCCCCn2c(=S)[nH]c3ccccc3c2=O)ccn1. The molecule has 1 amide bonds. The number of imidazole rings is 1. The fourth-order valence-electron chi connectivity index (χ4n) is 3.75. The van der Waals surface area contributed by atoms with Gasteiger partial charge in [0, 0.05) is 38.1 Å². The number of nitrogens with zero attached hydrogens (tertiary/aromatic N) is 4. The molecule has 3 heterocycles. The zero-order valence-corrected chi connectivity index (χ0v) is 19.3. The highest BCUT2D eigenvalue weighted by molar-refractivity contribution is 7.71. The molecule has 8 nitrogen and oxygen atoms in total. The van der Waals surface area contributed by atoms with Crippen molar-refractivity contribution >= 4 is 29.0 Å². The number of benzene rings is 1. The third-order valence-electron chi connectivity index (χ3n) is 5.55. The first-order chi connectivity index (χ1) is 16.0. The van der Waals surface area contributed by atoms with Gasteiger partial charge in [-0.3, -0.25) is 18.7 Å². The zero-order valence-electron chi connectivity index (χ0n) is 18.5. The summed E-state index contributed by atoms with van der Waals surface area (Å²) in [6, 6.07) is 11.2. The summed E-state index contributed by atoms with van der Waals surface area (Å²) >= 11 is 5.34. The third-order valence-corrected chi connectivity index (χ3v) is 5.87. The number of aromatic amines is 1. The number of pyridine rings is 1. The smallest absolute Gasteiger partial charge is 0.262 e. The van der Waals surface area contributed by atoms with E-state index in [0.717, 1.165) is 42.0 Å². The minimum Gasteiger partial charge on any atom is -0.352 e. The lowest BCUT2D eigenvalue weighted by molar-refractivity contribution is -0.121. The van der Waals surface area contributed by atoms with Crippen LogP contribution in [0.4, 0.5) is 0 Å². The number of amides is 1. The molecule has 0 atom stereocenters. The lowest BCUT2D eigenvalue weighted by Gasteiger charge is -2.09. The monoisotopic (exact) mass is 462 g/mol. The predicted octanol–water partition coefficient (Wildman–Crippen LogP) is 3.83. The molecule has 1 aromatic carbocycles. The van der Waals surface area contributed by atoms with Crippen LogP contribution >= 0.6 is 12.2 Å². The van der Waals surface area contributed by atoms with Gasteiger partial charge < -0.3 is 10.3 Å². The van der Waals surface area contributed by atoms with E-state index in [9.17, 15) is 9.59 Å². The van der Waals surface area contributed by atoms with Gasteiger partial charge in [0.1, 0.15) is 11.6 Å². The van der Waals surface area contributed by atoms with Crippen LogP contribution < -0.4 is 10.9 Å². The van der Waals surface area contributed by atoms with Gasteiger partial charge in [-0.25, -0.2) is 9.97 Å².